The summed E-state index contributed by atoms with van der Waals surface area (Å²) in [6.07, 6.45) is 3.31. The molecule has 0 unspecified atom stereocenters. The Kier molecular flexibility index (Phi) is 7.73. The van der Waals surface area contributed by atoms with Gasteiger partial charge in [-0.05, 0) is 31.5 Å². The zero-order chi connectivity index (χ0) is 13.2. The highest BCUT2D eigenvalue weighted by atomic mass is 16.5. The summed E-state index contributed by atoms with van der Waals surface area (Å²) in [6.45, 7) is 9.35. The largest absolute Gasteiger partial charge is 0.382 e. The molecule has 0 saturated heterocycles. The Morgan fingerprint density at radius 3 is 2.83 bits per heavy atom. The maximum atomic E-state index is 5.48. The van der Waals surface area contributed by atoms with Crippen molar-refractivity contribution in [3.8, 4) is 0 Å². The van der Waals surface area contributed by atoms with Crippen LogP contribution >= 0.6 is 0 Å². The lowest BCUT2D eigenvalue weighted by Gasteiger charge is -2.09. The summed E-state index contributed by atoms with van der Waals surface area (Å²) >= 11 is 0. The molecule has 0 amide bonds. The van der Waals surface area contributed by atoms with E-state index in [0.717, 1.165) is 26.2 Å². The summed E-state index contributed by atoms with van der Waals surface area (Å²) in [5, 5.41) is 3.43. The van der Waals surface area contributed by atoms with E-state index < -0.39 is 0 Å². The highest BCUT2D eigenvalue weighted by Gasteiger charge is 2.03. The second-order valence-corrected chi connectivity index (χ2v) is 4.40. The smallest absolute Gasteiger partial charge is 0.0701 e. The van der Waals surface area contributed by atoms with Crippen LogP contribution in [0.25, 0.3) is 0 Å². The molecule has 0 atom stereocenters. The number of nitrogens with zero attached hydrogens (tertiary/aromatic N) is 1. The lowest BCUT2D eigenvalue weighted by molar-refractivity contribution is 0.0664. The molecule has 0 aliphatic carbocycles. The Balaban J connectivity index is 2.29. The van der Waals surface area contributed by atoms with Gasteiger partial charge in [0, 0.05) is 32.1 Å². The van der Waals surface area contributed by atoms with E-state index in [2.05, 4.69) is 36.0 Å². The van der Waals surface area contributed by atoms with E-state index in [1.165, 1.54) is 17.7 Å². The van der Waals surface area contributed by atoms with Crippen molar-refractivity contribution in [1.29, 1.82) is 0 Å². The molecule has 18 heavy (non-hydrogen) atoms. The van der Waals surface area contributed by atoms with Crippen LogP contribution in [0.5, 0.6) is 0 Å². The van der Waals surface area contributed by atoms with E-state index in [-0.39, 0.29) is 0 Å². The number of nitrogens with one attached hydrogen (secondary N) is 1. The van der Waals surface area contributed by atoms with Crippen LogP contribution in [0.2, 0.25) is 0 Å². The molecule has 0 aromatic carbocycles. The van der Waals surface area contributed by atoms with Gasteiger partial charge in [0.15, 0.2) is 0 Å². The van der Waals surface area contributed by atoms with Gasteiger partial charge >= 0.3 is 0 Å². The highest BCUT2D eigenvalue weighted by molar-refractivity contribution is 5.20. The highest BCUT2D eigenvalue weighted by Crippen LogP contribution is 2.09. The summed E-state index contributed by atoms with van der Waals surface area (Å²) in [4.78, 5) is 0. The Hall–Kier alpha value is -0.840. The van der Waals surface area contributed by atoms with E-state index in [9.17, 15) is 0 Å². The Bertz CT molecular complexity index is 324. The van der Waals surface area contributed by atoms with E-state index in [1.807, 2.05) is 0 Å². The van der Waals surface area contributed by atoms with Crippen LogP contribution in [-0.4, -0.2) is 38.0 Å². The number of ether oxygens (including phenoxy) is 2. The first-order valence-electron chi connectivity index (χ1n) is 6.71. The Labute approximate surface area is 110 Å². The Morgan fingerprint density at radius 1 is 1.28 bits per heavy atom. The summed E-state index contributed by atoms with van der Waals surface area (Å²) in [6, 6.07) is 2.19. The molecule has 1 N–H and O–H groups in total. The first-order chi connectivity index (χ1) is 8.79. The minimum absolute atomic E-state index is 0.664. The molecule has 0 fully saturated rings. The van der Waals surface area contributed by atoms with Crippen molar-refractivity contribution in [2.45, 2.75) is 33.4 Å². The van der Waals surface area contributed by atoms with Crippen LogP contribution < -0.4 is 5.32 Å². The molecular formula is C14H26N2O2. The monoisotopic (exact) mass is 254 g/mol. The maximum absolute atomic E-state index is 5.48. The molecule has 104 valence electrons. The molecule has 1 aromatic rings. The fourth-order valence-corrected chi connectivity index (χ4v) is 1.83. The van der Waals surface area contributed by atoms with Gasteiger partial charge in [-0.25, -0.2) is 0 Å². The normalized spacial score (nSPS) is 11.1. The van der Waals surface area contributed by atoms with Gasteiger partial charge in [0.05, 0.1) is 19.8 Å². The van der Waals surface area contributed by atoms with Crippen molar-refractivity contribution in [2.24, 2.45) is 0 Å². The fourth-order valence-electron chi connectivity index (χ4n) is 1.83. The minimum atomic E-state index is 0.664. The molecule has 0 bridgehead atoms. The van der Waals surface area contributed by atoms with Gasteiger partial charge in [0.25, 0.3) is 0 Å². The second kappa shape index (κ2) is 9.14. The molecule has 0 radical (unpaired) electrons. The zero-order valence-electron chi connectivity index (χ0n) is 11.9. The first kappa shape index (κ1) is 15.2. The lowest BCUT2D eigenvalue weighted by Crippen LogP contribution is -2.15. The predicted molar refractivity (Wildman–Crippen MR) is 73.9 cm³/mol. The van der Waals surface area contributed by atoms with E-state index in [0.29, 0.717) is 13.2 Å². The molecule has 4 heteroatoms. The van der Waals surface area contributed by atoms with Crippen LogP contribution in [-0.2, 0) is 22.6 Å². The quantitative estimate of drug-likeness (QED) is 0.648. The average Bonchev–Trinajstić information content (AvgIpc) is 2.71. The molecule has 0 spiro atoms. The van der Waals surface area contributed by atoms with Crippen molar-refractivity contribution in [3.05, 3.63) is 23.5 Å². The number of aromatic nitrogens is 1. The molecule has 4 nitrogen and oxygen atoms in total. The zero-order valence-corrected chi connectivity index (χ0v) is 11.9. The molecule has 0 saturated carbocycles. The molecule has 1 heterocycles. The summed E-state index contributed by atoms with van der Waals surface area (Å²) < 4.78 is 12.7. The molecular weight excluding hydrogens is 228 g/mol. The average molecular weight is 254 g/mol. The summed E-state index contributed by atoms with van der Waals surface area (Å²) in [5.74, 6) is 0. The first-order valence-corrected chi connectivity index (χ1v) is 6.71. The van der Waals surface area contributed by atoms with Gasteiger partial charge in [-0.1, -0.05) is 6.92 Å². The van der Waals surface area contributed by atoms with E-state index in [4.69, 9.17) is 9.47 Å². The van der Waals surface area contributed by atoms with Gasteiger partial charge in [0.2, 0.25) is 0 Å². The van der Waals surface area contributed by atoms with Gasteiger partial charge in [0.1, 0.15) is 0 Å². The summed E-state index contributed by atoms with van der Waals surface area (Å²) in [7, 11) is 1.69. The summed E-state index contributed by atoms with van der Waals surface area (Å²) in [5.41, 5.74) is 2.70. The number of hydrogen-bond acceptors (Lipinski definition) is 3. The third kappa shape index (κ3) is 5.21. The van der Waals surface area contributed by atoms with Crippen molar-refractivity contribution in [3.63, 3.8) is 0 Å². The number of hydrogen-bond donors (Lipinski definition) is 1. The van der Waals surface area contributed by atoms with Crippen molar-refractivity contribution in [2.75, 3.05) is 33.5 Å². The molecule has 0 aliphatic rings. The lowest BCUT2D eigenvalue weighted by atomic mass is 10.2. The van der Waals surface area contributed by atoms with Crippen LogP contribution in [0.3, 0.4) is 0 Å². The molecule has 1 aromatic heterocycles. The third-order valence-electron chi connectivity index (χ3n) is 3.00. The van der Waals surface area contributed by atoms with Crippen molar-refractivity contribution >= 4 is 0 Å². The minimum Gasteiger partial charge on any atom is -0.382 e. The SMILES string of the molecule is CCCNCc1ccn(CCOCCOC)c1C. The van der Waals surface area contributed by atoms with Gasteiger partial charge < -0.3 is 19.4 Å². The maximum Gasteiger partial charge on any atom is 0.0701 e. The molecule has 1 rings (SSSR count). The van der Waals surface area contributed by atoms with E-state index >= 15 is 0 Å². The number of methoxy groups -OCH3 is 1. The van der Waals surface area contributed by atoms with Crippen LogP contribution in [0, 0.1) is 6.92 Å². The van der Waals surface area contributed by atoms with E-state index in [1.54, 1.807) is 7.11 Å². The third-order valence-corrected chi connectivity index (χ3v) is 3.00. The van der Waals surface area contributed by atoms with Crippen LogP contribution in [0.15, 0.2) is 12.3 Å². The van der Waals surface area contributed by atoms with Crippen LogP contribution in [0.1, 0.15) is 24.6 Å². The second-order valence-electron chi connectivity index (χ2n) is 4.40. The van der Waals surface area contributed by atoms with Crippen LogP contribution in [0.4, 0.5) is 0 Å². The fraction of sp³-hybridized carbons (Fsp3) is 0.714. The number of rotatable bonds is 10. The predicted octanol–water partition coefficient (Wildman–Crippen LogP) is 1.96. The van der Waals surface area contributed by atoms with Gasteiger partial charge in [-0.15, -0.1) is 0 Å². The van der Waals surface area contributed by atoms with Crippen molar-refractivity contribution < 1.29 is 9.47 Å². The molecule has 0 aliphatic heterocycles. The topological polar surface area (TPSA) is 35.4 Å². The van der Waals surface area contributed by atoms with Crippen molar-refractivity contribution in [1.82, 2.24) is 9.88 Å². The van der Waals surface area contributed by atoms with Gasteiger partial charge in [-0.2, -0.15) is 0 Å². The Morgan fingerprint density at radius 2 is 2.11 bits per heavy atom. The standard InChI is InChI=1S/C14H26N2O2/c1-4-6-15-12-14-5-7-16(13(14)2)8-9-18-11-10-17-3/h5,7,15H,4,6,8-12H2,1-3H3. The van der Waals surface area contributed by atoms with Gasteiger partial charge in [-0.3, -0.25) is 0 Å².